The van der Waals surface area contributed by atoms with Crippen molar-refractivity contribution in [3.05, 3.63) is 141 Å². The van der Waals surface area contributed by atoms with E-state index in [-0.39, 0.29) is 12.2 Å². The van der Waals surface area contributed by atoms with E-state index in [4.69, 9.17) is 18.9 Å². The Morgan fingerprint density at radius 3 is 2.00 bits per heavy atom. The number of benzene rings is 4. The highest BCUT2D eigenvalue weighted by Gasteiger charge is 2.46. The summed E-state index contributed by atoms with van der Waals surface area (Å²) in [5.41, 5.74) is 3.48. The van der Waals surface area contributed by atoms with E-state index in [0.29, 0.717) is 11.8 Å². The zero-order valence-electron chi connectivity index (χ0n) is 25.4. The number of aliphatic hydroxyl groups is 1. The molecule has 226 valence electrons. The maximum Gasteiger partial charge on any atom is 0.260 e. The lowest BCUT2D eigenvalue weighted by molar-refractivity contribution is -0.0993. The first-order valence-corrected chi connectivity index (χ1v) is 14.8. The molecule has 0 radical (unpaired) electrons. The quantitative estimate of drug-likeness (QED) is 0.203. The number of aromatic nitrogens is 1. The summed E-state index contributed by atoms with van der Waals surface area (Å²) in [6.45, 7) is 3.71. The largest absolute Gasteiger partial charge is 0.497 e. The van der Waals surface area contributed by atoms with Gasteiger partial charge in [0.05, 0.1) is 32.3 Å². The maximum atomic E-state index is 13.8. The number of aliphatic hydroxyl groups excluding tert-OH is 1. The monoisotopic (exact) mass is 591 g/mol. The third-order valence-electron chi connectivity index (χ3n) is 8.55. The van der Waals surface area contributed by atoms with Gasteiger partial charge in [0.2, 0.25) is 0 Å². The van der Waals surface area contributed by atoms with Crippen LogP contribution in [-0.2, 0) is 15.1 Å². The Balaban J connectivity index is 1.47. The Morgan fingerprint density at radius 1 is 0.841 bits per heavy atom. The molecule has 0 bridgehead atoms. The molecule has 5 aromatic rings. The summed E-state index contributed by atoms with van der Waals surface area (Å²) in [7, 11) is 3.28. The van der Waals surface area contributed by atoms with Gasteiger partial charge in [0.15, 0.2) is 0 Å². The normalized spacial score (nSPS) is 18.4. The van der Waals surface area contributed by atoms with E-state index in [1.807, 2.05) is 111 Å². The van der Waals surface area contributed by atoms with Crippen LogP contribution in [0.2, 0.25) is 0 Å². The molecule has 4 aromatic carbocycles. The van der Waals surface area contributed by atoms with Crippen molar-refractivity contribution in [2.24, 2.45) is 0 Å². The standard InChI is InChI=1S/C37H37NO6/c1-24-20-25(2)35-26(21-24)18-19-38(36(35)40)34-22-32(33(23-39)43-34)44-37(27-8-6-5-7-9-27,28-10-14-30(41-3)15-11-28)29-12-16-31(42-4)17-13-29/h5-21,32-34,39H,22-23H2,1-4H3/t32-,33+,34+/m0/s1. The minimum absolute atomic E-state index is 0.123. The summed E-state index contributed by atoms with van der Waals surface area (Å²) in [5.74, 6) is 1.45. The number of fused-ring (bicyclic) bond motifs is 1. The molecule has 1 aliphatic heterocycles. The Bertz CT molecular complexity index is 1750. The van der Waals surface area contributed by atoms with Crippen molar-refractivity contribution in [2.75, 3.05) is 20.8 Å². The summed E-state index contributed by atoms with van der Waals surface area (Å²) in [4.78, 5) is 13.8. The molecule has 0 spiro atoms. The van der Waals surface area contributed by atoms with Crippen LogP contribution in [0.3, 0.4) is 0 Å². The molecule has 0 aliphatic carbocycles. The van der Waals surface area contributed by atoms with Gasteiger partial charge in [-0.2, -0.15) is 0 Å². The van der Waals surface area contributed by atoms with Crippen LogP contribution in [0.25, 0.3) is 10.8 Å². The zero-order valence-corrected chi connectivity index (χ0v) is 25.4. The highest BCUT2D eigenvalue weighted by Crippen LogP contribution is 2.45. The smallest absolute Gasteiger partial charge is 0.260 e. The van der Waals surface area contributed by atoms with Gasteiger partial charge in [0, 0.05) is 12.6 Å². The van der Waals surface area contributed by atoms with Crippen molar-refractivity contribution >= 4 is 10.8 Å². The first-order valence-electron chi connectivity index (χ1n) is 14.8. The molecular weight excluding hydrogens is 554 g/mol. The molecule has 0 amide bonds. The molecule has 1 aliphatic rings. The minimum Gasteiger partial charge on any atom is -0.497 e. The van der Waals surface area contributed by atoms with E-state index in [2.05, 4.69) is 0 Å². The number of nitrogens with zero attached hydrogens (tertiary/aromatic N) is 1. The molecule has 1 N–H and O–H groups in total. The van der Waals surface area contributed by atoms with Gasteiger partial charge in [-0.25, -0.2) is 0 Å². The maximum absolute atomic E-state index is 13.8. The van der Waals surface area contributed by atoms with E-state index in [0.717, 1.165) is 44.7 Å². The van der Waals surface area contributed by atoms with Gasteiger partial charge in [-0.05, 0) is 71.8 Å². The van der Waals surface area contributed by atoms with Crippen LogP contribution in [0.1, 0.15) is 40.5 Å². The van der Waals surface area contributed by atoms with Crippen molar-refractivity contribution < 1.29 is 24.1 Å². The van der Waals surface area contributed by atoms with Crippen molar-refractivity contribution in [3.63, 3.8) is 0 Å². The molecule has 1 fully saturated rings. The van der Waals surface area contributed by atoms with Crippen molar-refractivity contribution in [3.8, 4) is 11.5 Å². The molecule has 3 atom stereocenters. The number of ether oxygens (including phenoxy) is 4. The second-order valence-corrected chi connectivity index (χ2v) is 11.3. The lowest BCUT2D eigenvalue weighted by atomic mass is 9.79. The van der Waals surface area contributed by atoms with E-state index >= 15 is 0 Å². The van der Waals surface area contributed by atoms with Crippen molar-refractivity contribution in [1.82, 2.24) is 4.57 Å². The van der Waals surface area contributed by atoms with E-state index in [9.17, 15) is 9.90 Å². The van der Waals surface area contributed by atoms with Gasteiger partial charge >= 0.3 is 0 Å². The summed E-state index contributed by atoms with van der Waals surface area (Å²) in [6, 6.07) is 31.6. The average Bonchev–Trinajstić information content (AvgIpc) is 3.46. The average molecular weight is 592 g/mol. The SMILES string of the molecule is COc1ccc(C(O[C@H]2C[C@H](n3ccc4cc(C)cc(C)c4c3=O)O[C@@H]2CO)(c2ccccc2)c2ccc(OC)cc2)cc1. The number of hydrogen-bond donors (Lipinski definition) is 1. The van der Waals surface area contributed by atoms with Gasteiger partial charge in [-0.3, -0.25) is 9.36 Å². The second-order valence-electron chi connectivity index (χ2n) is 11.3. The van der Waals surface area contributed by atoms with Crippen LogP contribution in [0.4, 0.5) is 0 Å². The Hall–Kier alpha value is -4.43. The van der Waals surface area contributed by atoms with Gasteiger partial charge in [0.1, 0.15) is 29.4 Å². The summed E-state index contributed by atoms with van der Waals surface area (Å²) in [6.07, 6.45) is 0.303. The van der Waals surface area contributed by atoms with Gasteiger partial charge in [0.25, 0.3) is 5.56 Å². The third-order valence-corrected chi connectivity index (χ3v) is 8.55. The topological polar surface area (TPSA) is 79.2 Å². The number of methoxy groups -OCH3 is 2. The van der Waals surface area contributed by atoms with Crippen molar-refractivity contribution in [2.45, 2.75) is 44.3 Å². The molecule has 0 unspecified atom stereocenters. The van der Waals surface area contributed by atoms with Crippen LogP contribution in [0.15, 0.2) is 108 Å². The van der Waals surface area contributed by atoms with Crippen LogP contribution >= 0.6 is 0 Å². The fraction of sp³-hybridized carbons (Fsp3) is 0.270. The second kappa shape index (κ2) is 12.3. The lowest BCUT2D eigenvalue weighted by Crippen LogP contribution is -2.40. The number of aryl methyl sites for hydroxylation is 2. The predicted molar refractivity (Wildman–Crippen MR) is 170 cm³/mol. The highest BCUT2D eigenvalue weighted by atomic mass is 16.6. The first-order chi connectivity index (χ1) is 21.4. The molecule has 0 saturated carbocycles. The Labute approximate surface area is 257 Å². The van der Waals surface area contributed by atoms with Crippen molar-refractivity contribution in [1.29, 1.82) is 0 Å². The number of rotatable bonds is 9. The van der Waals surface area contributed by atoms with Crippen LogP contribution in [0.5, 0.6) is 11.5 Å². The Morgan fingerprint density at radius 2 is 1.43 bits per heavy atom. The molecule has 1 saturated heterocycles. The third kappa shape index (κ3) is 5.28. The molecule has 7 nitrogen and oxygen atoms in total. The Kier molecular flexibility index (Phi) is 8.27. The van der Waals surface area contributed by atoms with Gasteiger partial charge < -0.3 is 24.1 Å². The lowest BCUT2D eigenvalue weighted by Gasteiger charge is -2.39. The van der Waals surface area contributed by atoms with E-state index in [1.54, 1.807) is 25.0 Å². The molecule has 44 heavy (non-hydrogen) atoms. The minimum atomic E-state index is -1.08. The summed E-state index contributed by atoms with van der Waals surface area (Å²) >= 11 is 0. The van der Waals surface area contributed by atoms with Gasteiger partial charge in [-0.15, -0.1) is 0 Å². The molecule has 2 heterocycles. The first kappa shape index (κ1) is 29.6. The van der Waals surface area contributed by atoms with Gasteiger partial charge in [-0.1, -0.05) is 72.3 Å². The summed E-state index contributed by atoms with van der Waals surface area (Å²) < 4.78 is 26.2. The van der Waals surface area contributed by atoms with Crippen LogP contribution in [-0.4, -0.2) is 42.7 Å². The molecule has 7 heteroatoms. The van der Waals surface area contributed by atoms with Crippen LogP contribution in [0, 0.1) is 13.8 Å². The number of hydrogen-bond acceptors (Lipinski definition) is 6. The van der Waals surface area contributed by atoms with E-state index < -0.39 is 24.0 Å². The molecular formula is C37H37NO6. The number of pyridine rings is 1. The highest BCUT2D eigenvalue weighted by molar-refractivity contribution is 5.85. The van der Waals surface area contributed by atoms with Crippen LogP contribution < -0.4 is 15.0 Å². The van der Waals surface area contributed by atoms with E-state index in [1.165, 1.54) is 0 Å². The fourth-order valence-corrected chi connectivity index (χ4v) is 6.42. The molecule has 1 aromatic heterocycles. The zero-order chi connectivity index (χ0) is 30.8. The fourth-order valence-electron chi connectivity index (χ4n) is 6.42. The predicted octanol–water partition coefficient (Wildman–Crippen LogP) is 6.29. The summed E-state index contributed by atoms with van der Waals surface area (Å²) in [5, 5.41) is 12.1. The molecule has 6 rings (SSSR count).